The fourth-order valence-corrected chi connectivity index (χ4v) is 2.37. The maximum absolute atomic E-state index is 12.1. The molecule has 0 radical (unpaired) electrons. The SMILES string of the molecule is O=C(O)c1ccc(NC(=S)N[C@@H](NC(=O)c2ccco2)C(Cl)(Cl)Cl)cc1. The monoisotopic (exact) mass is 435 g/mol. The van der Waals surface area contributed by atoms with Crippen molar-refractivity contribution < 1.29 is 19.1 Å². The number of carboxylic acids is 1. The van der Waals surface area contributed by atoms with Crippen LogP contribution in [0.15, 0.2) is 47.1 Å². The first kappa shape index (κ1) is 20.3. The van der Waals surface area contributed by atoms with Crippen molar-refractivity contribution in [3.63, 3.8) is 0 Å². The lowest BCUT2D eigenvalue weighted by atomic mass is 10.2. The Morgan fingerprint density at radius 2 is 1.77 bits per heavy atom. The first-order valence-electron chi connectivity index (χ1n) is 6.99. The Bertz CT molecular complexity index is 791. The third kappa shape index (κ3) is 5.77. The number of amides is 1. The van der Waals surface area contributed by atoms with E-state index in [1.807, 2.05) is 0 Å². The average molecular weight is 437 g/mol. The first-order chi connectivity index (χ1) is 12.2. The van der Waals surface area contributed by atoms with E-state index in [9.17, 15) is 9.59 Å². The minimum atomic E-state index is -1.92. The maximum Gasteiger partial charge on any atom is 0.335 e. The molecule has 0 aliphatic carbocycles. The number of anilines is 1. The quantitative estimate of drug-likeness (QED) is 0.323. The van der Waals surface area contributed by atoms with Gasteiger partial charge in [-0.25, -0.2) is 4.79 Å². The van der Waals surface area contributed by atoms with Crippen LogP contribution in [0.2, 0.25) is 0 Å². The number of alkyl halides is 3. The van der Waals surface area contributed by atoms with Crippen LogP contribution in [-0.2, 0) is 0 Å². The Labute approximate surface area is 168 Å². The summed E-state index contributed by atoms with van der Waals surface area (Å²) >= 11 is 22.8. The van der Waals surface area contributed by atoms with E-state index in [4.69, 9.17) is 56.5 Å². The van der Waals surface area contributed by atoms with Gasteiger partial charge in [0.1, 0.15) is 6.17 Å². The van der Waals surface area contributed by atoms with E-state index in [2.05, 4.69) is 16.0 Å². The summed E-state index contributed by atoms with van der Waals surface area (Å²) in [6.07, 6.45) is 0.169. The van der Waals surface area contributed by atoms with Gasteiger partial charge in [0.2, 0.25) is 3.79 Å². The van der Waals surface area contributed by atoms with Crippen LogP contribution < -0.4 is 16.0 Å². The molecule has 138 valence electrons. The second kappa shape index (κ2) is 8.59. The molecule has 0 bridgehead atoms. The number of rotatable bonds is 5. The number of hydrogen-bond donors (Lipinski definition) is 4. The second-order valence-electron chi connectivity index (χ2n) is 4.91. The van der Waals surface area contributed by atoms with Gasteiger partial charge in [0.05, 0.1) is 11.8 Å². The van der Waals surface area contributed by atoms with Gasteiger partial charge in [0.15, 0.2) is 10.9 Å². The summed E-state index contributed by atoms with van der Waals surface area (Å²) in [6, 6.07) is 8.83. The third-order valence-corrected chi connectivity index (χ3v) is 3.89. The van der Waals surface area contributed by atoms with Gasteiger partial charge in [0.25, 0.3) is 5.91 Å². The van der Waals surface area contributed by atoms with Crippen molar-refractivity contribution in [2.75, 3.05) is 5.32 Å². The molecular weight excluding hydrogens is 425 g/mol. The number of nitrogens with one attached hydrogen (secondary N) is 3. The Balaban J connectivity index is 2.02. The Morgan fingerprint density at radius 1 is 1.12 bits per heavy atom. The molecule has 1 amide bonds. The predicted octanol–water partition coefficient (Wildman–Crippen LogP) is 3.39. The molecule has 0 fully saturated rings. The second-order valence-corrected chi connectivity index (χ2v) is 7.68. The van der Waals surface area contributed by atoms with E-state index in [-0.39, 0.29) is 16.4 Å². The van der Waals surface area contributed by atoms with E-state index < -0.39 is 21.8 Å². The van der Waals surface area contributed by atoms with Gasteiger partial charge in [0, 0.05) is 5.69 Å². The number of halogens is 3. The van der Waals surface area contributed by atoms with Gasteiger partial charge in [-0.3, -0.25) is 4.79 Å². The van der Waals surface area contributed by atoms with E-state index in [0.717, 1.165) is 0 Å². The largest absolute Gasteiger partial charge is 0.478 e. The molecule has 1 heterocycles. The fourth-order valence-electron chi connectivity index (χ4n) is 1.80. The molecule has 11 heteroatoms. The van der Waals surface area contributed by atoms with Crippen molar-refractivity contribution >= 4 is 69.7 Å². The number of hydrogen-bond acceptors (Lipinski definition) is 4. The Morgan fingerprint density at radius 3 is 2.27 bits per heavy atom. The molecular formula is C15H12Cl3N3O4S. The molecule has 0 saturated heterocycles. The summed E-state index contributed by atoms with van der Waals surface area (Å²) in [5, 5.41) is 16.8. The van der Waals surface area contributed by atoms with Crippen LogP contribution in [-0.4, -0.2) is 32.1 Å². The van der Waals surface area contributed by atoms with E-state index in [1.54, 1.807) is 6.07 Å². The van der Waals surface area contributed by atoms with Crippen LogP contribution in [0, 0.1) is 0 Å². The smallest absolute Gasteiger partial charge is 0.335 e. The molecule has 0 aliphatic heterocycles. The lowest BCUT2D eigenvalue weighted by Gasteiger charge is -2.27. The van der Waals surface area contributed by atoms with Crippen LogP contribution >= 0.6 is 47.0 Å². The lowest BCUT2D eigenvalue weighted by molar-refractivity contribution is 0.0696. The number of aromatic carboxylic acids is 1. The highest BCUT2D eigenvalue weighted by atomic mass is 35.6. The molecule has 2 rings (SSSR count). The summed E-state index contributed by atoms with van der Waals surface area (Å²) in [5.41, 5.74) is 0.632. The van der Waals surface area contributed by atoms with Gasteiger partial charge >= 0.3 is 5.97 Å². The summed E-state index contributed by atoms with van der Waals surface area (Å²) < 4.78 is 3.06. The van der Waals surface area contributed by atoms with Gasteiger partial charge in [-0.2, -0.15) is 0 Å². The summed E-state index contributed by atoms with van der Waals surface area (Å²) in [5.74, 6) is -1.62. The van der Waals surface area contributed by atoms with Crippen molar-refractivity contribution in [3.8, 4) is 0 Å². The number of carbonyl (C=O) groups excluding carboxylic acids is 1. The molecule has 1 aromatic heterocycles. The van der Waals surface area contributed by atoms with Crippen molar-refractivity contribution in [2.45, 2.75) is 9.96 Å². The van der Waals surface area contributed by atoms with Crippen molar-refractivity contribution in [2.24, 2.45) is 0 Å². The Kier molecular flexibility index (Phi) is 6.71. The topological polar surface area (TPSA) is 104 Å². The molecule has 7 nitrogen and oxygen atoms in total. The Hall–Kier alpha value is -2.00. The molecule has 0 unspecified atom stereocenters. The van der Waals surface area contributed by atoms with Crippen LogP contribution in [0.5, 0.6) is 0 Å². The lowest BCUT2D eigenvalue weighted by Crippen LogP contribution is -2.56. The summed E-state index contributed by atoms with van der Waals surface area (Å²) in [4.78, 5) is 22.9. The van der Waals surface area contributed by atoms with Crippen molar-refractivity contribution in [1.29, 1.82) is 0 Å². The van der Waals surface area contributed by atoms with Gasteiger partial charge in [-0.05, 0) is 48.6 Å². The van der Waals surface area contributed by atoms with Crippen LogP contribution in [0.1, 0.15) is 20.9 Å². The van der Waals surface area contributed by atoms with E-state index in [0.29, 0.717) is 5.69 Å². The zero-order chi connectivity index (χ0) is 19.3. The van der Waals surface area contributed by atoms with Crippen LogP contribution in [0.4, 0.5) is 5.69 Å². The van der Waals surface area contributed by atoms with Gasteiger partial charge in [-0.1, -0.05) is 34.8 Å². The zero-order valence-corrected chi connectivity index (χ0v) is 15.9. The molecule has 1 atom stereocenters. The van der Waals surface area contributed by atoms with E-state index in [1.165, 1.54) is 36.6 Å². The third-order valence-electron chi connectivity index (χ3n) is 3.01. The first-order valence-corrected chi connectivity index (χ1v) is 8.53. The number of carbonyl (C=O) groups is 2. The van der Waals surface area contributed by atoms with E-state index >= 15 is 0 Å². The van der Waals surface area contributed by atoms with Crippen molar-refractivity contribution in [3.05, 3.63) is 54.0 Å². The minimum absolute atomic E-state index is 0.0363. The number of thiocarbonyl (C=S) groups is 1. The highest BCUT2D eigenvalue weighted by Crippen LogP contribution is 2.29. The molecule has 1 aromatic carbocycles. The average Bonchev–Trinajstić information content (AvgIpc) is 3.08. The van der Waals surface area contributed by atoms with Crippen LogP contribution in [0.3, 0.4) is 0 Å². The normalized spacial score (nSPS) is 12.1. The summed E-state index contributed by atoms with van der Waals surface area (Å²) in [7, 11) is 0. The minimum Gasteiger partial charge on any atom is -0.478 e. The van der Waals surface area contributed by atoms with Crippen LogP contribution in [0.25, 0.3) is 0 Å². The van der Waals surface area contributed by atoms with Gasteiger partial charge < -0.3 is 25.5 Å². The molecule has 2 aromatic rings. The van der Waals surface area contributed by atoms with Crippen molar-refractivity contribution in [1.82, 2.24) is 10.6 Å². The highest BCUT2D eigenvalue weighted by Gasteiger charge is 2.35. The number of carboxylic acid groups (broad SMARTS) is 1. The fraction of sp³-hybridized carbons (Fsp3) is 0.133. The van der Waals surface area contributed by atoms with Gasteiger partial charge in [-0.15, -0.1) is 0 Å². The predicted molar refractivity (Wildman–Crippen MR) is 103 cm³/mol. The number of benzene rings is 1. The standard InChI is InChI=1S/C15H12Cl3N3O4S/c16-15(17,18)13(20-11(22)10-2-1-7-25-10)21-14(26)19-9-5-3-8(4-6-9)12(23)24/h1-7,13H,(H,20,22)(H,23,24)(H2,19,21,26)/t13-/m1/s1. The molecule has 0 aliphatic rings. The highest BCUT2D eigenvalue weighted by molar-refractivity contribution is 7.80. The number of furan rings is 1. The maximum atomic E-state index is 12.1. The molecule has 4 N–H and O–H groups in total. The molecule has 26 heavy (non-hydrogen) atoms. The summed E-state index contributed by atoms with van der Waals surface area (Å²) in [6.45, 7) is 0. The zero-order valence-electron chi connectivity index (χ0n) is 12.8. The molecule has 0 saturated carbocycles. The molecule has 0 spiro atoms.